The van der Waals surface area contributed by atoms with E-state index in [-0.39, 0.29) is 23.9 Å². The van der Waals surface area contributed by atoms with Gasteiger partial charge in [0.1, 0.15) is 17.0 Å². The van der Waals surface area contributed by atoms with Gasteiger partial charge in [-0.15, -0.1) is 0 Å². The lowest BCUT2D eigenvalue weighted by molar-refractivity contribution is -0.118. The minimum absolute atomic E-state index is 0.0100. The molecule has 0 saturated heterocycles. The van der Waals surface area contributed by atoms with Crippen molar-refractivity contribution >= 4 is 17.6 Å². The Morgan fingerprint density at radius 1 is 1.07 bits per heavy atom. The van der Waals surface area contributed by atoms with Gasteiger partial charge in [-0.05, 0) is 61.7 Å². The number of rotatable bonds is 11. The highest BCUT2D eigenvalue weighted by Crippen LogP contribution is 2.40. The minimum atomic E-state index is -0.860. The van der Waals surface area contributed by atoms with Crippen LogP contribution in [0.4, 0.5) is 5.95 Å². The van der Waals surface area contributed by atoms with Crippen molar-refractivity contribution in [3.8, 4) is 23.1 Å². The third kappa shape index (κ3) is 6.80. The first kappa shape index (κ1) is 28.1. The van der Waals surface area contributed by atoms with Crippen molar-refractivity contribution in [3.05, 3.63) is 108 Å². The first-order valence-corrected chi connectivity index (χ1v) is 13.3. The number of nitrogens with one attached hydrogen (secondary N) is 3. The van der Waals surface area contributed by atoms with Crippen molar-refractivity contribution in [2.45, 2.75) is 31.4 Å². The van der Waals surface area contributed by atoms with Crippen LogP contribution in [-0.4, -0.2) is 32.6 Å². The molecular formula is C31H28N8O3. The molecule has 210 valence electrons. The van der Waals surface area contributed by atoms with E-state index in [2.05, 4.69) is 36.8 Å². The zero-order valence-corrected chi connectivity index (χ0v) is 22.6. The molecule has 2 heterocycles. The van der Waals surface area contributed by atoms with E-state index in [1.165, 1.54) is 6.20 Å². The fourth-order valence-electron chi connectivity index (χ4n) is 4.38. The second kappa shape index (κ2) is 12.8. The van der Waals surface area contributed by atoms with E-state index >= 15 is 0 Å². The highest BCUT2D eigenvalue weighted by Gasteiger charge is 2.37. The summed E-state index contributed by atoms with van der Waals surface area (Å²) in [7, 11) is 0. The standard InChI is InChI=1S/C31H28N8O3/c32-17-21-7-4-8-22(15-21)25-16-26(37-30(36-25)38-29(40)20-42-24-10-2-1-3-11-24)27(39-33)19-34-18-23-9-5-12-28(35-23)31(41)13-6-14-31/h1-5,7-12,15-16,19,33-34,41H,6,13-14,18,20H2,(H,36,37,38,40)/b27-19-,39-33?. The monoisotopic (exact) mass is 560 g/mol. The van der Waals surface area contributed by atoms with E-state index < -0.39 is 11.5 Å². The highest BCUT2D eigenvalue weighted by atomic mass is 16.5. The number of aromatic nitrogens is 3. The van der Waals surface area contributed by atoms with Crippen LogP contribution in [0.5, 0.6) is 5.75 Å². The van der Waals surface area contributed by atoms with Gasteiger partial charge in [0.2, 0.25) is 5.95 Å². The number of aliphatic hydroxyl groups is 1. The van der Waals surface area contributed by atoms with Crippen LogP contribution in [0.3, 0.4) is 0 Å². The zero-order valence-electron chi connectivity index (χ0n) is 22.6. The summed E-state index contributed by atoms with van der Waals surface area (Å²) >= 11 is 0. The maximum Gasteiger partial charge on any atom is 0.264 e. The summed E-state index contributed by atoms with van der Waals surface area (Å²) in [5.74, 6) is 0.0601. The summed E-state index contributed by atoms with van der Waals surface area (Å²) in [5.41, 5.74) is 10.3. The Morgan fingerprint density at radius 3 is 2.62 bits per heavy atom. The minimum Gasteiger partial charge on any atom is -0.484 e. The van der Waals surface area contributed by atoms with Crippen molar-refractivity contribution in [1.29, 1.82) is 10.8 Å². The van der Waals surface area contributed by atoms with E-state index in [1.54, 1.807) is 54.6 Å². The van der Waals surface area contributed by atoms with E-state index in [0.29, 0.717) is 47.7 Å². The first-order valence-electron chi connectivity index (χ1n) is 13.3. The van der Waals surface area contributed by atoms with Crippen LogP contribution in [0.2, 0.25) is 0 Å². The number of nitriles is 1. The molecule has 0 aliphatic heterocycles. The summed E-state index contributed by atoms with van der Waals surface area (Å²) in [6.45, 7) is 0.0661. The Hall–Kier alpha value is -5.47. The molecule has 0 radical (unpaired) electrons. The van der Waals surface area contributed by atoms with Crippen LogP contribution in [0.1, 0.15) is 41.9 Å². The van der Waals surface area contributed by atoms with Gasteiger partial charge in [-0.2, -0.15) is 10.4 Å². The molecule has 0 unspecified atom stereocenters. The van der Waals surface area contributed by atoms with Gasteiger partial charge in [0.15, 0.2) is 6.61 Å². The summed E-state index contributed by atoms with van der Waals surface area (Å²) in [4.78, 5) is 26.2. The largest absolute Gasteiger partial charge is 0.484 e. The summed E-state index contributed by atoms with van der Waals surface area (Å²) in [5, 5.41) is 29.4. The number of ether oxygens (including phenoxy) is 1. The molecule has 2 aromatic heterocycles. The molecule has 0 atom stereocenters. The van der Waals surface area contributed by atoms with Gasteiger partial charge in [-0.3, -0.25) is 15.1 Å². The third-order valence-corrected chi connectivity index (χ3v) is 6.75. The molecule has 1 fully saturated rings. The van der Waals surface area contributed by atoms with Gasteiger partial charge in [-0.25, -0.2) is 15.5 Å². The number of para-hydroxylation sites is 1. The quantitative estimate of drug-likeness (QED) is 0.187. The Kier molecular flexibility index (Phi) is 8.56. The molecule has 1 aliphatic rings. The van der Waals surface area contributed by atoms with Gasteiger partial charge in [0, 0.05) is 11.8 Å². The number of hydrogen-bond acceptors (Lipinski definition) is 10. The summed E-state index contributed by atoms with van der Waals surface area (Å²) < 4.78 is 5.52. The van der Waals surface area contributed by atoms with Gasteiger partial charge < -0.3 is 15.2 Å². The van der Waals surface area contributed by atoms with Gasteiger partial charge >= 0.3 is 0 Å². The Balaban J connectivity index is 1.37. The Morgan fingerprint density at radius 2 is 1.88 bits per heavy atom. The molecule has 5 rings (SSSR count). The lowest BCUT2D eigenvalue weighted by atomic mass is 9.77. The van der Waals surface area contributed by atoms with Crippen LogP contribution in [0.25, 0.3) is 17.0 Å². The predicted molar refractivity (Wildman–Crippen MR) is 155 cm³/mol. The molecule has 4 N–H and O–H groups in total. The fourth-order valence-corrected chi connectivity index (χ4v) is 4.38. The first-order chi connectivity index (χ1) is 20.5. The summed E-state index contributed by atoms with van der Waals surface area (Å²) in [6, 6.07) is 25.1. The Labute approximate surface area is 242 Å². The molecule has 0 spiro atoms. The number of nitrogens with zero attached hydrogens (tertiary/aromatic N) is 5. The molecule has 4 aromatic rings. The smallest absolute Gasteiger partial charge is 0.264 e. The number of benzene rings is 2. The van der Waals surface area contributed by atoms with Gasteiger partial charge in [0.05, 0.1) is 41.0 Å². The topological polar surface area (TPSA) is 169 Å². The lowest BCUT2D eigenvalue weighted by Crippen LogP contribution is -2.34. The number of pyridine rings is 1. The van der Waals surface area contributed by atoms with Gasteiger partial charge in [-0.1, -0.05) is 36.4 Å². The van der Waals surface area contributed by atoms with Crippen molar-refractivity contribution in [1.82, 2.24) is 20.3 Å². The molecular weight excluding hydrogens is 532 g/mol. The average molecular weight is 561 g/mol. The molecule has 0 bridgehead atoms. The van der Waals surface area contributed by atoms with E-state index in [1.807, 2.05) is 24.3 Å². The SMILES string of the molecule is N#Cc1cccc(-c2cc(/C(=C/NCc3cccc(C4(O)CCC4)n3)N=N)nc(NC(=O)COc3ccccc3)n2)c1. The van der Waals surface area contributed by atoms with Crippen LogP contribution in [0.15, 0.2) is 90.2 Å². The lowest BCUT2D eigenvalue weighted by Gasteiger charge is -2.36. The Bertz CT molecular complexity index is 1660. The van der Waals surface area contributed by atoms with Crippen LogP contribution >= 0.6 is 0 Å². The third-order valence-electron chi connectivity index (χ3n) is 6.75. The average Bonchev–Trinajstić information content (AvgIpc) is 3.01. The number of anilines is 1. The van der Waals surface area contributed by atoms with Crippen molar-refractivity contribution in [2.75, 3.05) is 11.9 Å². The number of amides is 1. The predicted octanol–water partition coefficient (Wildman–Crippen LogP) is 4.92. The van der Waals surface area contributed by atoms with Crippen molar-refractivity contribution < 1.29 is 14.6 Å². The van der Waals surface area contributed by atoms with Crippen LogP contribution in [-0.2, 0) is 16.9 Å². The fraction of sp³-hybridized carbons (Fsp3) is 0.194. The maximum atomic E-state index is 12.7. The molecule has 2 aromatic carbocycles. The van der Waals surface area contributed by atoms with E-state index in [0.717, 1.165) is 12.1 Å². The van der Waals surface area contributed by atoms with Gasteiger partial charge in [0.25, 0.3) is 5.91 Å². The number of hydrogen-bond donors (Lipinski definition) is 4. The van der Waals surface area contributed by atoms with Crippen LogP contribution < -0.4 is 15.4 Å². The molecule has 1 amide bonds. The zero-order chi connectivity index (χ0) is 29.4. The normalized spacial score (nSPS) is 13.8. The molecule has 1 saturated carbocycles. The molecule has 1 aliphatic carbocycles. The summed E-state index contributed by atoms with van der Waals surface area (Å²) in [6.07, 6.45) is 3.90. The second-order valence-corrected chi connectivity index (χ2v) is 9.73. The number of carbonyl (C=O) groups is 1. The molecule has 42 heavy (non-hydrogen) atoms. The van der Waals surface area contributed by atoms with Crippen LogP contribution in [0, 0.1) is 16.9 Å². The number of carbonyl (C=O) groups excluding carboxylic acids is 1. The maximum absolute atomic E-state index is 12.7. The van der Waals surface area contributed by atoms with Crippen molar-refractivity contribution in [3.63, 3.8) is 0 Å². The molecule has 11 heteroatoms. The van der Waals surface area contributed by atoms with Crippen molar-refractivity contribution in [2.24, 2.45) is 5.11 Å². The van der Waals surface area contributed by atoms with E-state index in [9.17, 15) is 15.2 Å². The van der Waals surface area contributed by atoms with E-state index in [4.69, 9.17) is 10.3 Å². The second-order valence-electron chi connectivity index (χ2n) is 9.73. The molecule has 11 nitrogen and oxygen atoms in total. The highest BCUT2D eigenvalue weighted by molar-refractivity contribution is 5.90.